The van der Waals surface area contributed by atoms with E-state index in [4.69, 9.17) is 10.5 Å². The number of ether oxygens (including phenoxy) is 1. The lowest BCUT2D eigenvalue weighted by atomic mass is 10.1. The normalized spacial score (nSPS) is 12.1. The van der Waals surface area contributed by atoms with Crippen LogP contribution in [0.5, 0.6) is 0 Å². The summed E-state index contributed by atoms with van der Waals surface area (Å²) >= 11 is 0. The van der Waals surface area contributed by atoms with Crippen molar-refractivity contribution in [2.75, 3.05) is 5.73 Å². The van der Waals surface area contributed by atoms with Gasteiger partial charge in [-0.05, 0) is 45.4 Å². The first-order valence-corrected chi connectivity index (χ1v) is 5.67. The molecule has 98 valence electrons. The number of nitrogen functional groups attached to an aromatic ring is 1. The van der Waals surface area contributed by atoms with E-state index in [1.807, 2.05) is 12.1 Å². The summed E-state index contributed by atoms with van der Waals surface area (Å²) in [5.41, 5.74) is 9.64. The van der Waals surface area contributed by atoms with Gasteiger partial charge in [0.25, 0.3) is 0 Å². The van der Waals surface area contributed by atoms with Gasteiger partial charge in [0.1, 0.15) is 5.60 Å². The maximum atomic E-state index is 11.4. The highest BCUT2D eigenvalue weighted by Crippen LogP contribution is 2.08. The van der Waals surface area contributed by atoms with Crippen LogP contribution in [-0.2, 0) is 4.74 Å². The Morgan fingerprint density at radius 2 is 2.06 bits per heavy atom. The molecule has 1 rings (SSSR count). The fourth-order valence-electron chi connectivity index (χ4n) is 1.26. The van der Waals surface area contributed by atoms with Crippen LogP contribution in [-0.4, -0.2) is 17.4 Å². The molecule has 0 aliphatic heterocycles. The molecule has 5 heteroatoms. The number of hydrogen-bond acceptors (Lipinski definition) is 4. The Balaban J connectivity index is 2.65. The van der Waals surface area contributed by atoms with Gasteiger partial charge in [0.15, 0.2) is 0 Å². The van der Waals surface area contributed by atoms with Crippen LogP contribution in [0.15, 0.2) is 29.4 Å². The van der Waals surface area contributed by atoms with Crippen molar-refractivity contribution in [2.24, 2.45) is 5.10 Å². The molecule has 1 aromatic carbocycles. The van der Waals surface area contributed by atoms with Crippen LogP contribution in [0.3, 0.4) is 0 Å². The van der Waals surface area contributed by atoms with E-state index in [1.54, 1.807) is 39.8 Å². The summed E-state index contributed by atoms with van der Waals surface area (Å²) in [5.74, 6) is 0. The van der Waals surface area contributed by atoms with Crippen LogP contribution in [0, 0.1) is 0 Å². The van der Waals surface area contributed by atoms with Crippen molar-refractivity contribution in [2.45, 2.75) is 33.3 Å². The van der Waals surface area contributed by atoms with Crippen molar-refractivity contribution >= 4 is 17.5 Å². The van der Waals surface area contributed by atoms with E-state index in [0.29, 0.717) is 11.4 Å². The first kappa shape index (κ1) is 14.0. The minimum atomic E-state index is -0.578. The quantitative estimate of drug-likeness (QED) is 0.480. The van der Waals surface area contributed by atoms with Crippen LogP contribution in [0.4, 0.5) is 10.5 Å². The number of nitrogens with two attached hydrogens (primary N) is 1. The Labute approximate surface area is 107 Å². The molecule has 0 saturated carbocycles. The van der Waals surface area contributed by atoms with E-state index in [9.17, 15) is 4.79 Å². The van der Waals surface area contributed by atoms with Gasteiger partial charge in [0, 0.05) is 5.69 Å². The van der Waals surface area contributed by atoms with E-state index in [0.717, 1.165) is 5.56 Å². The molecule has 3 N–H and O–H groups in total. The maximum absolute atomic E-state index is 11.4. The van der Waals surface area contributed by atoms with Gasteiger partial charge >= 0.3 is 6.09 Å². The average Bonchev–Trinajstić information content (AvgIpc) is 2.23. The third-order valence-corrected chi connectivity index (χ3v) is 2.02. The molecule has 0 bridgehead atoms. The van der Waals surface area contributed by atoms with Gasteiger partial charge in [-0.1, -0.05) is 12.1 Å². The molecule has 0 radical (unpaired) electrons. The standard InChI is InChI=1S/C13H19N3O2/c1-9(10-6-5-7-11(14)8-10)15-16-12(17)18-13(2,3)4/h5-8H,14H2,1-4H3,(H,16,17). The summed E-state index contributed by atoms with van der Waals surface area (Å²) < 4.78 is 5.07. The third-order valence-electron chi connectivity index (χ3n) is 2.02. The molecule has 0 aromatic heterocycles. The first-order valence-electron chi connectivity index (χ1n) is 5.67. The number of amides is 1. The molecule has 0 saturated heterocycles. The highest BCUT2D eigenvalue weighted by Gasteiger charge is 2.15. The van der Waals surface area contributed by atoms with E-state index in [2.05, 4.69) is 10.5 Å². The second-order valence-electron chi connectivity index (χ2n) is 4.94. The second kappa shape index (κ2) is 5.53. The molecule has 5 nitrogen and oxygen atoms in total. The number of benzene rings is 1. The third kappa shape index (κ3) is 4.86. The molecular formula is C13H19N3O2. The molecule has 1 aromatic rings. The average molecular weight is 249 g/mol. The number of anilines is 1. The summed E-state index contributed by atoms with van der Waals surface area (Å²) in [6, 6.07) is 7.27. The Bertz CT molecular complexity index is 462. The minimum Gasteiger partial charge on any atom is -0.443 e. The Morgan fingerprint density at radius 1 is 1.39 bits per heavy atom. The largest absolute Gasteiger partial charge is 0.443 e. The van der Waals surface area contributed by atoms with Gasteiger partial charge in [-0.25, -0.2) is 10.2 Å². The Hall–Kier alpha value is -2.04. The number of carbonyl (C=O) groups excluding carboxylic acids is 1. The Morgan fingerprint density at radius 3 is 2.61 bits per heavy atom. The molecular weight excluding hydrogens is 230 g/mol. The van der Waals surface area contributed by atoms with Crippen LogP contribution in [0.1, 0.15) is 33.3 Å². The SMILES string of the molecule is CC(=NNC(=O)OC(C)(C)C)c1cccc(N)c1. The lowest BCUT2D eigenvalue weighted by molar-refractivity contribution is 0.0529. The van der Waals surface area contributed by atoms with E-state index >= 15 is 0 Å². The maximum Gasteiger partial charge on any atom is 0.428 e. The predicted octanol–water partition coefficient (Wildman–Crippen LogP) is 2.52. The van der Waals surface area contributed by atoms with Crippen molar-refractivity contribution in [3.05, 3.63) is 29.8 Å². The summed E-state index contributed by atoms with van der Waals surface area (Å²) in [4.78, 5) is 11.4. The van der Waals surface area contributed by atoms with Gasteiger partial charge in [0.2, 0.25) is 0 Å². The molecule has 0 heterocycles. The predicted molar refractivity (Wildman–Crippen MR) is 72.4 cm³/mol. The number of hydrogen-bond donors (Lipinski definition) is 2. The van der Waals surface area contributed by atoms with Gasteiger partial charge in [0.05, 0.1) is 5.71 Å². The van der Waals surface area contributed by atoms with Crippen molar-refractivity contribution < 1.29 is 9.53 Å². The molecule has 0 unspecified atom stereocenters. The zero-order chi connectivity index (χ0) is 13.8. The molecule has 0 aliphatic carbocycles. The number of hydrazone groups is 1. The van der Waals surface area contributed by atoms with E-state index in [-0.39, 0.29) is 0 Å². The van der Waals surface area contributed by atoms with Gasteiger partial charge in [-0.15, -0.1) is 0 Å². The van der Waals surface area contributed by atoms with Crippen molar-refractivity contribution in [3.8, 4) is 0 Å². The van der Waals surface area contributed by atoms with Gasteiger partial charge in [-0.3, -0.25) is 0 Å². The fourth-order valence-corrected chi connectivity index (χ4v) is 1.26. The van der Waals surface area contributed by atoms with E-state index in [1.165, 1.54) is 0 Å². The summed E-state index contributed by atoms with van der Waals surface area (Å²) in [5, 5.41) is 3.96. The molecule has 1 amide bonds. The molecule has 0 aliphatic rings. The lowest BCUT2D eigenvalue weighted by Crippen LogP contribution is -2.30. The fraction of sp³-hybridized carbons (Fsp3) is 0.385. The summed E-state index contributed by atoms with van der Waals surface area (Å²) in [6.45, 7) is 7.16. The molecule has 0 fully saturated rings. The highest BCUT2D eigenvalue weighted by atomic mass is 16.6. The van der Waals surface area contributed by atoms with Crippen molar-refractivity contribution in [3.63, 3.8) is 0 Å². The first-order chi connectivity index (χ1) is 8.28. The van der Waals surface area contributed by atoms with Crippen LogP contribution < -0.4 is 11.2 Å². The zero-order valence-corrected chi connectivity index (χ0v) is 11.2. The monoisotopic (exact) mass is 249 g/mol. The minimum absolute atomic E-state index is 0.537. The number of rotatable bonds is 2. The van der Waals surface area contributed by atoms with Crippen molar-refractivity contribution in [1.82, 2.24) is 5.43 Å². The summed E-state index contributed by atoms with van der Waals surface area (Å²) in [7, 11) is 0. The smallest absolute Gasteiger partial charge is 0.428 e. The molecule has 18 heavy (non-hydrogen) atoms. The topological polar surface area (TPSA) is 76.7 Å². The van der Waals surface area contributed by atoms with Crippen LogP contribution >= 0.6 is 0 Å². The number of carbonyl (C=O) groups is 1. The van der Waals surface area contributed by atoms with E-state index < -0.39 is 11.7 Å². The zero-order valence-electron chi connectivity index (χ0n) is 11.2. The number of nitrogens with zero attached hydrogens (tertiary/aromatic N) is 1. The van der Waals surface area contributed by atoms with Gasteiger partial charge in [-0.2, -0.15) is 5.10 Å². The van der Waals surface area contributed by atoms with Crippen molar-refractivity contribution in [1.29, 1.82) is 0 Å². The molecule has 0 atom stereocenters. The second-order valence-corrected chi connectivity index (χ2v) is 4.94. The number of nitrogens with one attached hydrogen (secondary N) is 1. The molecule has 0 spiro atoms. The van der Waals surface area contributed by atoms with Gasteiger partial charge < -0.3 is 10.5 Å². The lowest BCUT2D eigenvalue weighted by Gasteiger charge is -2.18. The van der Waals surface area contributed by atoms with Crippen LogP contribution in [0.2, 0.25) is 0 Å². The Kier molecular flexibility index (Phi) is 4.31. The summed E-state index contributed by atoms with van der Waals surface area (Å²) in [6.07, 6.45) is -0.578. The highest BCUT2D eigenvalue weighted by molar-refractivity contribution is 5.99. The van der Waals surface area contributed by atoms with Crippen LogP contribution in [0.25, 0.3) is 0 Å².